The van der Waals surface area contributed by atoms with Crippen LogP contribution in [0.4, 0.5) is 11.4 Å². The highest BCUT2D eigenvalue weighted by Gasteiger charge is 2.34. The van der Waals surface area contributed by atoms with Crippen LogP contribution in [-0.4, -0.2) is 44.2 Å². The third-order valence-corrected chi connectivity index (χ3v) is 8.09. The summed E-state index contributed by atoms with van der Waals surface area (Å²) in [6.07, 6.45) is 0.836. The van der Waals surface area contributed by atoms with Crippen LogP contribution in [0, 0.1) is 19.8 Å². The van der Waals surface area contributed by atoms with Crippen LogP contribution in [0.1, 0.15) is 24.0 Å². The quantitative estimate of drug-likeness (QED) is 0.702. The maximum Gasteiger partial charge on any atom is 0.262 e. The normalized spacial score (nSPS) is 17.3. The van der Waals surface area contributed by atoms with Gasteiger partial charge in [0.25, 0.3) is 5.91 Å². The molecule has 0 radical (unpaired) electrons. The van der Waals surface area contributed by atoms with Crippen LogP contribution >= 0.6 is 11.6 Å². The second-order valence-electron chi connectivity index (χ2n) is 8.08. The summed E-state index contributed by atoms with van der Waals surface area (Å²) in [6, 6.07) is 8.37. The van der Waals surface area contributed by atoms with E-state index in [1.165, 1.54) is 10.4 Å². The van der Waals surface area contributed by atoms with E-state index in [9.17, 15) is 18.0 Å². The fraction of sp³-hybridized carbons (Fsp3) is 0.364. The maximum atomic E-state index is 13.3. The Labute approximate surface area is 191 Å². The largest absolute Gasteiger partial charge is 0.482 e. The molecule has 2 amide bonds. The topological polar surface area (TPSA) is 105 Å². The van der Waals surface area contributed by atoms with Gasteiger partial charge in [-0.05, 0) is 56.0 Å². The van der Waals surface area contributed by atoms with Gasteiger partial charge in [0.15, 0.2) is 6.61 Å². The fourth-order valence-corrected chi connectivity index (χ4v) is 5.82. The molecule has 0 unspecified atom stereocenters. The molecule has 2 aliphatic heterocycles. The van der Waals surface area contributed by atoms with Gasteiger partial charge in [-0.3, -0.25) is 9.59 Å². The van der Waals surface area contributed by atoms with Gasteiger partial charge in [-0.15, -0.1) is 0 Å². The number of sulfonamides is 1. The van der Waals surface area contributed by atoms with Gasteiger partial charge < -0.3 is 15.4 Å². The molecule has 4 rings (SSSR count). The summed E-state index contributed by atoms with van der Waals surface area (Å²) in [6.45, 7) is 3.90. The maximum absolute atomic E-state index is 13.3. The van der Waals surface area contributed by atoms with Crippen molar-refractivity contribution < 1.29 is 22.7 Å². The molecule has 2 N–H and O–H groups in total. The Morgan fingerprint density at radius 2 is 1.88 bits per heavy atom. The number of benzene rings is 2. The highest BCUT2D eigenvalue weighted by atomic mass is 35.5. The van der Waals surface area contributed by atoms with Crippen LogP contribution in [-0.2, 0) is 19.6 Å². The molecule has 2 heterocycles. The highest BCUT2D eigenvalue weighted by molar-refractivity contribution is 7.89. The molecule has 8 nitrogen and oxygen atoms in total. The SMILES string of the molecule is Cc1ccc(Cl)cc1NC(=O)C1CCN(S(=O)(=O)c2cc3c(cc2C)NC(=O)CO3)CC1. The van der Waals surface area contributed by atoms with E-state index in [0.29, 0.717) is 40.6 Å². The van der Waals surface area contributed by atoms with Crippen molar-refractivity contribution in [2.75, 3.05) is 30.3 Å². The summed E-state index contributed by atoms with van der Waals surface area (Å²) >= 11 is 6.02. The Balaban J connectivity index is 1.45. The number of nitrogens with zero attached hydrogens (tertiary/aromatic N) is 1. The number of ether oxygens (including phenoxy) is 1. The molecular formula is C22H24ClN3O5S. The van der Waals surface area contributed by atoms with Gasteiger partial charge in [0.1, 0.15) is 5.75 Å². The van der Waals surface area contributed by atoms with Crippen molar-refractivity contribution >= 4 is 44.8 Å². The Morgan fingerprint density at radius 3 is 2.59 bits per heavy atom. The first-order valence-electron chi connectivity index (χ1n) is 10.3. The first kappa shape index (κ1) is 22.6. The van der Waals surface area contributed by atoms with Crippen molar-refractivity contribution in [3.8, 4) is 5.75 Å². The number of nitrogens with one attached hydrogen (secondary N) is 2. The van der Waals surface area contributed by atoms with E-state index in [-0.39, 0.29) is 42.3 Å². The van der Waals surface area contributed by atoms with Crippen LogP contribution in [0.25, 0.3) is 0 Å². The van der Waals surface area contributed by atoms with Crippen LogP contribution in [0.3, 0.4) is 0 Å². The van der Waals surface area contributed by atoms with E-state index in [0.717, 1.165) is 5.56 Å². The lowest BCUT2D eigenvalue weighted by atomic mass is 9.97. The third kappa shape index (κ3) is 4.46. The molecular weight excluding hydrogens is 454 g/mol. The molecule has 10 heteroatoms. The van der Waals surface area contributed by atoms with Crippen molar-refractivity contribution in [2.24, 2.45) is 5.92 Å². The minimum absolute atomic E-state index is 0.137. The molecule has 170 valence electrons. The number of anilines is 2. The van der Waals surface area contributed by atoms with Crippen molar-refractivity contribution in [1.82, 2.24) is 4.31 Å². The van der Waals surface area contributed by atoms with Crippen LogP contribution in [0.15, 0.2) is 35.2 Å². The zero-order chi connectivity index (χ0) is 23.0. The molecule has 1 saturated heterocycles. The molecule has 0 aliphatic carbocycles. The molecule has 0 atom stereocenters. The number of aryl methyl sites for hydroxylation is 2. The van der Waals surface area contributed by atoms with Gasteiger partial charge in [-0.1, -0.05) is 17.7 Å². The molecule has 1 fully saturated rings. The molecule has 0 aromatic heterocycles. The summed E-state index contributed by atoms with van der Waals surface area (Å²) in [7, 11) is -3.77. The zero-order valence-electron chi connectivity index (χ0n) is 17.8. The number of carbonyl (C=O) groups is 2. The Kier molecular flexibility index (Phi) is 6.15. The van der Waals surface area contributed by atoms with Crippen LogP contribution in [0.5, 0.6) is 5.75 Å². The number of piperidine rings is 1. The number of hydrogen-bond acceptors (Lipinski definition) is 5. The minimum Gasteiger partial charge on any atom is -0.482 e. The summed E-state index contributed by atoms with van der Waals surface area (Å²) < 4.78 is 33.3. The lowest BCUT2D eigenvalue weighted by Crippen LogP contribution is -2.41. The number of hydrogen-bond donors (Lipinski definition) is 2. The van der Waals surface area contributed by atoms with E-state index in [4.69, 9.17) is 16.3 Å². The van der Waals surface area contributed by atoms with Gasteiger partial charge in [0.2, 0.25) is 15.9 Å². The predicted octanol–water partition coefficient (Wildman–Crippen LogP) is 3.33. The summed E-state index contributed by atoms with van der Waals surface area (Å²) in [5.41, 5.74) is 2.55. The summed E-state index contributed by atoms with van der Waals surface area (Å²) in [4.78, 5) is 24.4. The molecule has 0 spiro atoms. The molecule has 0 saturated carbocycles. The van der Waals surface area contributed by atoms with E-state index in [1.54, 1.807) is 25.1 Å². The van der Waals surface area contributed by atoms with Crippen LogP contribution in [0.2, 0.25) is 5.02 Å². The van der Waals surface area contributed by atoms with E-state index in [2.05, 4.69) is 10.6 Å². The standard InChI is InChI=1S/C22H24ClN3O5S/c1-13-3-4-16(23)10-17(13)25-22(28)15-5-7-26(8-6-15)32(29,30)20-11-19-18(9-14(20)2)24-21(27)12-31-19/h3-4,9-11,15H,5-8,12H2,1-2H3,(H,24,27)(H,25,28). The smallest absolute Gasteiger partial charge is 0.262 e. The molecule has 2 aromatic carbocycles. The number of halogens is 1. The molecule has 0 bridgehead atoms. The zero-order valence-corrected chi connectivity index (χ0v) is 19.3. The van der Waals surface area contributed by atoms with E-state index >= 15 is 0 Å². The fourth-order valence-electron chi connectivity index (χ4n) is 3.96. The van der Waals surface area contributed by atoms with Gasteiger partial charge in [-0.2, -0.15) is 4.31 Å². The lowest BCUT2D eigenvalue weighted by molar-refractivity contribution is -0.121. The average Bonchev–Trinajstić information content (AvgIpc) is 2.75. The first-order chi connectivity index (χ1) is 15.1. The predicted molar refractivity (Wildman–Crippen MR) is 122 cm³/mol. The van der Waals surface area contributed by atoms with Gasteiger partial charge in [0, 0.05) is 35.8 Å². The van der Waals surface area contributed by atoms with Gasteiger partial charge in [0.05, 0.1) is 10.6 Å². The second kappa shape index (κ2) is 8.73. The molecule has 32 heavy (non-hydrogen) atoms. The number of rotatable bonds is 4. The lowest BCUT2D eigenvalue weighted by Gasteiger charge is -2.31. The first-order valence-corrected chi connectivity index (χ1v) is 12.1. The highest BCUT2D eigenvalue weighted by Crippen LogP contribution is 2.35. The van der Waals surface area contributed by atoms with Crippen LogP contribution < -0.4 is 15.4 Å². The van der Waals surface area contributed by atoms with Crippen molar-refractivity contribution in [1.29, 1.82) is 0 Å². The Hall–Kier alpha value is -2.62. The number of carbonyl (C=O) groups excluding carboxylic acids is 2. The summed E-state index contributed by atoms with van der Waals surface area (Å²) in [5, 5.41) is 6.13. The third-order valence-electron chi connectivity index (χ3n) is 5.81. The molecule has 2 aromatic rings. The molecule has 2 aliphatic rings. The minimum atomic E-state index is -3.77. The van der Waals surface area contributed by atoms with E-state index < -0.39 is 10.0 Å². The Morgan fingerprint density at radius 1 is 1.16 bits per heavy atom. The number of fused-ring (bicyclic) bond motifs is 1. The van der Waals surface area contributed by atoms with Gasteiger partial charge >= 0.3 is 0 Å². The number of amides is 2. The van der Waals surface area contributed by atoms with Gasteiger partial charge in [-0.25, -0.2) is 8.42 Å². The van der Waals surface area contributed by atoms with E-state index in [1.807, 2.05) is 13.0 Å². The average molecular weight is 478 g/mol. The monoisotopic (exact) mass is 477 g/mol. The second-order valence-corrected chi connectivity index (χ2v) is 10.4. The summed E-state index contributed by atoms with van der Waals surface area (Å²) in [5.74, 6) is -0.370. The van der Waals surface area contributed by atoms with Crippen molar-refractivity contribution in [2.45, 2.75) is 31.6 Å². The Bertz CT molecular complexity index is 1190. The van der Waals surface area contributed by atoms with Crippen molar-refractivity contribution in [3.05, 3.63) is 46.5 Å². The van der Waals surface area contributed by atoms with Crippen molar-refractivity contribution in [3.63, 3.8) is 0 Å².